The summed E-state index contributed by atoms with van der Waals surface area (Å²) < 4.78 is 1.27. The molecular weight excluding hydrogens is 272 g/mol. The highest BCUT2D eigenvalue weighted by molar-refractivity contribution is 5.89. The maximum atomic E-state index is 12.0. The van der Waals surface area contributed by atoms with Gasteiger partial charge in [-0.3, -0.25) is 9.48 Å². The summed E-state index contributed by atoms with van der Waals surface area (Å²) in [5.74, 6) is 0.184. The fourth-order valence-electron chi connectivity index (χ4n) is 3.02. The van der Waals surface area contributed by atoms with E-state index >= 15 is 0 Å². The highest BCUT2D eigenvalue weighted by atomic mass is 16.4. The Labute approximate surface area is 123 Å². The fraction of sp³-hybridized carbons (Fsp3) is 0.643. The third kappa shape index (κ3) is 3.96. The van der Waals surface area contributed by atoms with Crippen molar-refractivity contribution in [3.63, 3.8) is 0 Å². The van der Waals surface area contributed by atoms with Gasteiger partial charge in [-0.1, -0.05) is 20.3 Å². The van der Waals surface area contributed by atoms with Gasteiger partial charge in [0.25, 0.3) is 0 Å². The molecule has 0 saturated heterocycles. The molecule has 0 aliphatic heterocycles. The highest BCUT2D eigenvalue weighted by Gasteiger charge is 2.32. The summed E-state index contributed by atoms with van der Waals surface area (Å²) in [6.07, 6.45) is 6.24. The molecule has 2 amide bonds. The van der Waals surface area contributed by atoms with Crippen molar-refractivity contribution in [3.05, 3.63) is 12.4 Å². The van der Waals surface area contributed by atoms with Gasteiger partial charge in [-0.15, -0.1) is 0 Å². The lowest BCUT2D eigenvalue weighted by Crippen LogP contribution is -2.40. The van der Waals surface area contributed by atoms with Crippen molar-refractivity contribution >= 4 is 17.7 Å². The maximum Gasteiger partial charge on any atom is 0.325 e. The first kappa shape index (κ1) is 15.3. The van der Waals surface area contributed by atoms with E-state index in [0.717, 1.165) is 19.3 Å². The van der Waals surface area contributed by atoms with Crippen molar-refractivity contribution in [1.82, 2.24) is 15.1 Å². The molecular formula is C14H22N4O3. The standard InChI is InChI=1S/C14H22N4O3/c1-3-10-4-5-12(9(10)2)17-14(21)16-11-6-15-18(7-11)8-13(19)20/h6-7,9-10,12H,3-5,8H2,1-2H3,(H,19,20)(H2,16,17,21). The molecule has 3 atom stereocenters. The maximum absolute atomic E-state index is 12.0. The Morgan fingerprint density at radius 3 is 2.86 bits per heavy atom. The minimum atomic E-state index is -0.973. The number of carbonyl (C=O) groups excluding carboxylic acids is 1. The van der Waals surface area contributed by atoms with Crippen molar-refractivity contribution in [2.45, 2.75) is 45.7 Å². The van der Waals surface area contributed by atoms with Gasteiger partial charge in [0.15, 0.2) is 0 Å². The molecule has 3 N–H and O–H groups in total. The van der Waals surface area contributed by atoms with Crippen LogP contribution in [0.2, 0.25) is 0 Å². The van der Waals surface area contributed by atoms with E-state index in [2.05, 4.69) is 29.6 Å². The Balaban J connectivity index is 1.84. The lowest BCUT2D eigenvalue weighted by Gasteiger charge is -2.20. The number of carboxylic acids is 1. The first-order chi connectivity index (χ1) is 9.99. The molecule has 0 bridgehead atoms. The Kier molecular flexibility index (Phi) is 4.82. The SMILES string of the molecule is CCC1CCC(NC(=O)Nc2cnn(CC(=O)O)c2)C1C. The smallest absolute Gasteiger partial charge is 0.325 e. The second-order valence-corrected chi connectivity index (χ2v) is 5.63. The number of hydrogen-bond donors (Lipinski definition) is 3. The highest BCUT2D eigenvalue weighted by Crippen LogP contribution is 2.33. The van der Waals surface area contributed by atoms with Crippen molar-refractivity contribution in [1.29, 1.82) is 0 Å². The number of nitrogens with zero attached hydrogens (tertiary/aromatic N) is 2. The quantitative estimate of drug-likeness (QED) is 0.773. The van der Waals surface area contributed by atoms with E-state index in [9.17, 15) is 9.59 Å². The summed E-state index contributed by atoms with van der Waals surface area (Å²) in [6.45, 7) is 4.14. The number of hydrogen-bond acceptors (Lipinski definition) is 3. The van der Waals surface area contributed by atoms with Crippen molar-refractivity contribution in [3.8, 4) is 0 Å². The van der Waals surface area contributed by atoms with E-state index in [1.54, 1.807) is 0 Å². The van der Waals surface area contributed by atoms with E-state index in [0.29, 0.717) is 17.5 Å². The topological polar surface area (TPSA) is 96.3 Å². The van der Waals surface area contributed by atoms with Crippen LogP contribution >= 0.6 is 0 Å². The van der Waals surface area contributed by atoms with Crippen molar-refractivity contribution < 1.29 is 14.7 Å². The van der Waals surface area contributed by atoms with Crippen LogP contribution in [0, 0.1) is 11.8 Å². The zero-order valence-electron chi connectivity index (χ0n) is 12.4. The number of carbonyl (C=O) groups is 2. The van der Waals surface area contributed by atoms with Gasteiger partial charge in [0, 0.05) is 12.2 Å². The second-order valence-electron chi connectivity index (χ2n) is 5.63. The Morgan fingerprint density at radius 1 is 1.48 bits per heavy atom. The third-order valence-corrected chi connectivity index (χ3v) is 4.26. The number of aliphatic carboxylic acids is 1. The predicted molar refractivity (Wildman–Crippen MR) is 78.0 cm³/mol. The van der Waals surface area contributed by atoms with Crippen LogP contribution in [0.1, 0.15) is 33.1 Å². The molecule has 2 rings (SSSR count). The van der Waals surface area contributed by atoms with Crippen molar-refractivity contribution in [2.24, 2.45) is 11.8 Å². The van der Waals surface area contributed by atoms with Crippen LogP contribution in [0.15, 0.2) is 12.4 Å². The zero-order valence-corrected chi connectivity index (χ0v) is 12.4. The van der Waals surface area contributed by atoms with Crippen molar-refractivity contribution in [2.75, 3.05) is 5.32 Å². The fourth-order valence-corrected chi connectivity index (χ4v) is 3.02. The monoisotopic (exact) mass is 294 g/mol. The Bertz CT molecular complexity index is 514. The van der Waals surface area contributed by atoms with Crippen LogP contribution < -0.4 is 10.6 Å². The number of nitrogens with one attached hydrogen (secondary N) is 2. The van der Waals surface area contributed by atoms with Gasteiger partial charge in [-0.25, -0.2) is 4.79 Å². The van der Waals surface area contributed by atoms with E-state index in [-0.39, 0.29) is 18.6 Å². The summed E-state index contributed by atoms with van der Waals surface area (Å²) in [7, 11) is 0. The van der Waals surface area contributed by atoms with Gasteiger partial charge in [0.2, 0.25) is 0 Å². The van der Waals surface area contributed by atoms with E-state index in [4.69, 9.17) is 5.11 Å². The molecule has 0 spiro atoms. The predicted octanol–water partition coefficient (Wildman–Crippen LogP) is 1.91. The summed E-state index contributed by atoms with van der Waals surface area (Å²) >= 11 is 0. The van der Waals surface area contributed by atoms with E-state index < -0.39 is 5.97 Å². The number of aromatic nitrogens is 2. The first-order valence-corrected chi connectivity index (χ1v) is 7.31. The molecule has 7 heteroatoms. The molecule has 1 heterocycles. The van der Waals surface area contributed by atoms with Gasteiger partial charge in [-0.2, -0.15) is 5.10 Å². The number of urea groups is 1. The minimum Gasteiger partial charge on any atom is -0.480 e. The number of rotatable bonds is 5. The molecule has 3 unspecified atom stereocenters. The first-order valence-electron chi connectivity index (χ1n) is 7.31. The average Bonchev–Trinajstić information content (AvgIpc) is 2.97. The van der Waals surface area contributed by atoms with Crippen LogP contribution in [-0.2, 0) is 11.3 Å². The lowest BCUT2D eigenvalue weighted by atomic mass is 9.94. The van der Waals surface area contributed by atoms with E-state index in [1.807, 2.05) is 0 Å². The molecule has 0 radical (unpaired) electrons. The number of carboxylic acid groups (broad SMARTS) is 1. The van der Waals surface area contributed by atoms with Crippen LogP contribution in [0.4, 0.5) is 10.5 Å². The summed E-state index contributed by atoms with van der Waals surface area (Å²) in [6, 6.07) is -0.0671. The minimum absolute atomic E-state index is 0.198. The Morgan fingerprint density at radius 2 is 2.24 bits per heavy atom. The van der Waals surface area contributed by atoms with Crippen LogP contribution in [-0.4, -0.2) is 32.9 Å². The summed E-state index contributed by atoms with van der Waals surface area (Å²) in [4.78, 5) is 22.5. The number of amides is 2. The third-order valence-electron chi connectivity index (χ3n) is 4.26. The summed E-state index contributed by atoms with van der Waals surface area (Å²) in [5.41, 5.74) is 0.492. The molecule has 1 aromatic heterocycles. The number of anilines is 1. The van der Waals surface area contributed by atoms with Gasteiger partial charge >= 0.3 is 12.0 Å². The molecule has 1 aliphatic carbocycles. The van der Waals surface area contributed by atoms with Crippen LogP contribution in [0.25, 0.3) is 0 Å². The lowest BCUT2D eigenvalue weighted by molar-refractivity contribution is -0.137. The largest absolute Gasteiger partial charge is 0.480 e. The van der Waals surface area contributed by atoms with E-state index in [1.165, 1.54) is 17.1 Å². The van der Waals surface area contributed by atoms with Gasteiger partial charge < -0.3 is 15.7 Å². The van der Waals surface area contributed by atoms with Crippen LogP contribution in [0.3, 0.4) is 0 Å². The molecule has 1 fully saturated rings. The molecule has 1 saturated carbocycles. The molecule has 21 heavy (non-hydrogen) atoms. The molecule has 1 aliphatic rings. The van der Waals surface area contributed by atoms with Crippen LogP contribution in [0.5, 0.6) is 0 Å². The second kappa shape index (κ2) is 6.60. The van der Waals surface area contributed by atoms with Gasteiger partial charge in [0.05, 0.1) is 11.9 Å². The molecule has 7 nitrogen and oxygen atoms in total. The normalized spacial score (nSPS) is 24.8. The zero-order chi connectivity index (χ0) is 15.4. The Hall–Kier alpha value is -2.05. The van der Waals surface area contributed by atoms with Gasteiger partial charge in [0.1, 0.15) is 6.54 Å². The summed E-state index contributed by atoms with van der Waals surface area (Å²) in [5, 5.41) is 18.2. The molecule has 116 valence electrons. The van der Waals surface area contributed by atoms with Gasteiger partial charge in [-0.05, 0) is 24.7 Å². The average molecular weight is 294 g/mol. The molecule has 1 aromatic rings. The molecule has 0 aromatic carbocycles.